The Hall–Kier alpha value is -1.82. The highest BCUT2D eigenvalue weighted by Gasteiger charge is 2.11. The molecule has 0 aliphatic heterocycles. The standard InChI is InChI=1S/C13H15FN4S/c1-3-18(10-6-4-5-9(14)7-10)12-8-11(15)16-13(17-12)19-2/h4-8H,3H2,1-2H3,(H2,15,16,17). The minimum absolute atomic E-state index is 0.275. The molecule has 100 valence electrons. The van der Waals surface area contributed by atoms with Crippen molar-refractivity contribution in [1.29, 1.82) is 0 Å². The Balaban J connectivity index is 2.44. The van der Waals surface area contributed by atoms with E-state index in [1.165, 1.54) is 23.9 Å². The van der Waals surface area contributed by atoms with E-state index in [4.69, 9.17) is 5.73 Å². The molecule has 0 atom stereocenters. The van der Waals surface area contributed by atoms with E-state index < -0.39 is 0 Å². The normalized spacial score (nSPS) is 10.5. The van der Waals surface area contributed by atoms with Gasteiger partial charge in [0.1, 0.15) is 17.5 Å². The van der Waals surface area contributed by atoms with Crippen LogP contribution in [0.25, 0.3) is 0 Å². The molecule has 6 heteroatoms. The molecule has 0 aliphatic rings. The molecule has 0 saturated heterocycles. The van der Waals surface area contributed by atoms with Crippen molar-refractivity contribution in [1.82, 2.24) is 9.97 Å². The molecule has 0 amide bonds. The summed E-state index contributed by atoms with van der Waals surface area (Å²) in [6.07, 6.45) is 1.89. The van der Waals surface area contributed by atoms with Crippen molar-refractivity contribution in [3.63, 3.8) is 0 Å². The van der Waals surface area contributed by atoms with E-state index in [1.54, 1.807) is 12.1 Å². The number of halogens is 1. The molecule has 2 aromatic rings. The van der Waals surface area contributed by atoms with Crippen molar-refractivity contribution in [3.05, 3.63) is 36.1 Å². The van der Waals surface area contributed by atoms with Gasteiger partial charge in [-0.3, -0.25) is 0 Å². The predicted octanol–water partition coefficient (Wildman–Crippen LogP) is 3.08. The molecule has 1 heterocycles. The molecule has 0 radical (unpaired) electrons. The van der Waals surface area contributed by atoms with Gasteiger partial charge in [-0.15, -0.1) is 0 Å². The van der Waals surface area contributed by atoms with Crippen molar-refractivity contribution < 1.29 is 4.39 Å². The molecule has 1 aromatic heterocycles. The highest BCUT2D eigenvalue weighted by Crippen LogP contribution is 2.26. The summed E-state index contributed by atoms with van der Waals surface area (Å²) < 4.78 is 13.3. The highest BCUT2D eigenvalue weighted by molar-refractivity contribution is 7.98. The monoisotopic (exact) mass is 278 g/mol. The third-order valence-corrected chi connectivity index (χ3v) is 3.15. The molecule has 0 unspecified atom stereocenters. The first-order valence-corrected chi connectivity index (χ1v) is 7.08. The van der Waals surface area contributed by atoms with Crippen molar-refractivity contribution in [2.24, 2.45) is 0 Å². The van der Waals surface area contributed by atoms with Crippen molar-refractivity contribution in [2.45, 2.75) is 12.1 Å². The molecular formula is C13H15FN4S. The SMILES string of the molecule is CCN(c1cccc(F)c1)c1cc(N)nc(SC)n1. The summed E-state index contributed by atoms with van der Waals surface area (Å²) in [5.74, 6) is 0.803. The molecule has 19 heavy (non-hydrogen) atoms. The predicted molar refractivity (Wildman–Crippen MR) is 77.3 cm³/mol. The van der Waals surface area contributed by atoms with Crippen LogP contribution in [-0.4, -0.2) is 22.8 Å². The number of anilines is 3. The number of aromatic nitrogens is 2. The van der Waals surface area contributed by atoms with Gasteiger partial charge in [0.15, 0.2) is 5.16 Å². The summed E-state index contributed by atoms with van der Waals surface area (Å²) in [4.78, 5) is 10.4. The van der Waals surface area contributed by atoms with Gasteiger partial charge in [0, 0.05) is 18.3 Å². The average molecular weight is 278 g/mol. The van der Waals surface area contributed by atoms with Crippen LogP contribution in [0, 0.1) is 5.82 Å². The second kappa shape index (κ2) is 5.88. The number of hydrogen-bond donors (Lipinski definition) is 1. The maximum absolute atomic E-state index is 13.3. The third-order valence-electron chi connectivity index (χ3n) is 2.61. The lowest BCUT2D eigenvalue weighted by atomic mass is 10.2. The van der Waals surface area contributed by atoms with Gasteiger partial charge in [0.25, 0.3) is 0 Å². The van der Waals surface area contributed by atoms with Crippen LogP contribution in [0.3, 0.4) is 0 Å². The molecule has 0 bridgehead atoms. The smallest absolute Gasteiger partial charge is 0.191 e. The van der Waals surface area contributed by atoms with Crippen LogP contribution in [0.4, 0.5) is 21.7 Å². The lowest BCUT2D eigenvalue weighted by Crippen LogP contribution is -2.18. The lowest BCUT2D eigenvalue weighted by molar-refractivity contribution is 0.627. The van der Waals surface area contributed by atoms with Gasteiger partial charge < -0.3 is 10.6 Å². The van der Waals surface area contributed by atoms with Gasteiger partial charge >= 0.3 is 0 Å². The summed E-state index contributed by atoms with van der Waals surface area (Å²) in [6.45, 7) is 2.63. The van der Waals surface area contributed by atoms with Gasteiger partial charge in [0.2, 0.25) is 0 Å². The van der Waals surface area contributed by atoms with Gasteiger partial charge in [-0.05, 0) is 31.4 Å². The number of rotatable bonds is 4. The highest BCUT2D eigenvalue weighted by atomic mass is 32.2. The van der Waals surface area contributed by atoms with Crippen LogP contribution >= 0.6 is 11.8 Å². The molecule has 0 spiro atoms. The molecule has 2 N–H and O–H groups in total. The molecule has 0 saturated carbocycles. The average Bonchev–Trinajstić information content (AvgIpc) is 2.39. The molecule has 1 aromatic carbocycles. The number of thioether (sulfide) groups is 1. The number of nitrogens with zero attached hydrogens (tertiary/aromatic N) is 3. The Bertz CT molecular complexity index is 576. The van der Waals surface area contributed by atoms with Crippen LogP contribution in [0.15, 0.2) is 35.5 Å². The maximum atomic E-state index is 13.3. The Morgan fingerprint density at radius 3 is 2.74 bits per heavy atom. The summed E-state index contributed by atoms with van der Waals surface area (Å²) in [7, 11) is 0. The van der Waals surface area contributed by atoms with Crippen molar-refractivity contribution in [2.75, 3.05) is 23.4 Å². The molecular weight excluding hydrogens is 263 g/mol. The Kier molecular flexibility index (Phi) is 4.21. The Morgan fingerprint density at radius 2 is 2.11 bits per heavy atom. The van der Waals surface area contributed by atoms with Crippen LogP contribution < -0.4 is 10.6 Å². The fraction of sp³-hybridized carbons (Fsp3) is 0.231. The van der Waals surface area contributed by atoms with E-state index in [2.05, 4.69) is 9.97 Å². The van der Waals surface area contributed by atoms with Crippen molar-refractivity contribution in [3.8, 4) is 0 Å². The number of nitrogen functional groups attached to an aromatic ring is 1. The van der Waals surface area contributed by atoms with Crippen LogP contribution in [0.5, 0.6) is 0 Å². The minimum Gasteiger partial charge on any atom is -0.383 e. The zero-order valence-electron chi connectivity index (χ0n) is 10.8. The summed E-state index contributed by atoms with van der Waals surface area (Å²) in [5, 5.41) is 0.602. The van der Waals surface area contributed by atoms with E-state index in [1.807, 2.05) is 24.1 Å². The molecule has 0 aliphatic carbocycles. The first kappa shape index (κ1) is 13.6. The number of nitrogens with two attached hydrogens (primary N) is 1. The largest absolute Gasteiger partial charge is 0.383 e. The van der Waals surface area contributed by atoms with E-state index in [-0.39, 0.29) is 5.82 Å². The van der Waals surface area contributed by atoms with E-state index in [0.29, 0.717) is 23.3 Å². The van der Waals surface area contributed by atoms with Gasteiger partial charge in [-0.25, -0.2) is 14.4 Å². The van der Waals surface area contributed by atoms with Gasteiger partial charge in [-0.2, -0.15) is 0 Å². The first-order valence-electron chi connectivity index (χ1n) is 5.85. The summed E-state index contributed by atoms with van der Waals surface area (Å²) >= 11 is 1.42. The first-order chi connectivity index (χ1) is 9.13. The summed E-state index contributed by atoms with van der Waals surface area (Å²) in [5.41, 5.74) is 6.51. The Morgan fingerprint density at radius 1 is 1.32 bits per heavy atom. The van der Waals surface area contributed by atoms with E-state index in [0.717, 1.165) is 5.69 Å². The quantitative estimate of drug-likeness (QED) is 0.688. The Labute approximate surface area is 115 Å². The van der Waals surface area contributed by atoms with E-state index in [9.17, 15) is 4.39 Å². The second-order valence-electron chi connectivity index (χ2n) is 3.86. The molecule has 4 nitrogen and oxygen atoms in total. The van der Waals surface area contributed by atoms with Gasteiger partial charge in [-0.1, -0.05) is 17.8 Å². The topological polar surface area (TPSA) is 55.0 Å². The lowest BCUT2D eigenvalue weighted by Gasteiger charge is -2.22. The number of benzene rings is 1. The maximum Gasteiger partial charge on any atom is 0.191 e. The second-order valence-corrected chi connectivity index (χ2v) is 4.64. The van der Waals surface area contributed by atoms with E-state index >= 15 is 0 Å². The zero-order valence-corrected chi connectivity index (χ0v) is 11.6. The third kappa shape index (κ3) is 3.14. The fourth-order valence-corrected chi connectivity index (χ4v) is 2.16. The fourth-order valence-electron chi connectivity index (χ4n) is 1.78. The summed E-state index contributed by atoms with van der Waals surface area (Å²) in [6, 6.07) is 8.09. The van der Waals surface area contributed by atoms with Crippen LogP contribution in [-0.2, 0) is 0 Å². The molecule has 0 fully saturated rings. The number of hydrogen-bond acceptors (Lipinski definition) is 5. The minimum atomic E-state index is -0.275. The van der Waals surface area contributed by atoms with Crippen LogP contribution in [0.2, 0.25) is 0 Å². The van der Waals surface area contributed by atoms with Gasteiger partial charge in [0.05, 0.1) is 0 Å². The zero-order chi connectivity index (χ0) is 13.8. The van der Waals surface area contributed by atoms with Crippen LogP contribution in [0.1, 0.15) is 6.92 Å². The van der Waals surface area contributed by atoms with Crippen molar-refractivity contribution >= 4 is 29.1 Å². The molecule has 2 rings (SSSR count).